The van der Waals surface area contributed by atoms with E-state index in [1.165, 1.54) is 29.2 Å². The quantitative estimate of drug-likeness (QED) is 0.400. The standard InChI is InChI=1S/C24H18FNO3/c1-15-6-5-9-19(14-15)26-21(16-10-12-18(25)13-11-16)20(23(28)24(26)29)22(27)17-7-3-2-4-8-17/h2-14,21,27H,1H3/t21-/m1/s1. The van der Waals surface area contributed by atoms with Crippen LogP contribution in [0.1, 0.15) is 22.7 Å². The monoisotopic (exact) mass is 387 g/mol. The van der Waals surface area contributed by atoms with Crippen molar-refractivity contribution in [1.82, 2.24) is 0 Å². The van der Waals surface area contributed by atoms with Crippen LogP contribution >= 0.6 is 0 Å². The summed E-state index contributed by atoms with van der Waals surface area (Å²) < 4.78 is 13.5. The molecule has 0 unspecified atom stereocenters. The molecule has 0 radical (unpaired) electrons. The molecule has 1 saturated heterocycles. The molecule has 0 aliphatic carbocycles. The summed E-state index contributed by atoms with van der Waals surface area (Å²) >= 11 is 0. The molecule has 0 spiro atoms. The molecular formula is C24H18FNO3. The van der Waals surface area contributed by atoms with E-state index in [9.17, 15) is 19.1 Å². The van der Waals surface area contributed by atoms with E-state index >= 15 is 0 Å². The highest BCUT2D eigenvalue weighted by Gasteiger charge is 2.46. The summed E-state index contributed by atoms with van der Waals surface area (Å²) in [5, 5.41) is 10.9. The first-order chi connectivity index (χ1) is 14.0. The maximum atomic E-state index is 13.5. The van der Waals surface area contributed by atoms with Gasteiger partial charge in [-0.25, -0.2) is 4.39 Å². The van der Waals surface area contributed by atoms with Crippen molar-refractivity contribution in [1.29, 1.82) is 0 Å². The van der Waals surface area contributed by atoms with Gasteiger partial charge in [-0.2, -0.15) is 0 Å². The number of hydrogen-bond acceptors (Lipinski definition) is 3. The van der Waals surface area contributed by atoms with E-state index in [2.05, 4.69) is 0 Å². The number of benzene rings is 3. The van der Waals surface area contributed by atoms with Crippen molar-refractivity contribution in [3.63, 3.8) is 0 Å². The topological polar surface area (TPSA) is 57.6 Å². The first kappa shape index (κ1) is 18.6. The third kappa shape index (κ3) is 3.31. The van der Waals surface area contributed by atoms with Crippen molar-refractivity contribution in [2.75, 3.05) is 4.90 Å². The van der Waals surface area contributed by atoms with Gasteiger partial charge in [0.05, 0.1) is 11.6 Å². The Morgan fingerprint density at radius 1 is 0.931 bits per heavy atom. The van der Waals surface area contributed by atoms with Crippen LogP contribution in [0.4, 0.5) is 10.1 Å². The number of anilines is 1. The van der Waals surface area contributed by atoms with E-state index in [0.717, 1.165) is 5.56 Å². The summed E-state index contributed by atoms with van der Waals surface area (Å²) in [6, 6.07) is 20.5. The lowest BCUT2D eigenvalue weighted by Gasteiger charge is -2.25. The first-order valence-corrected chi connectivity index (χ1v) is 9.16. The van der Waals surface area contributed by atoms with Gasteiger partial charge < -0.3 is 5.11 Å². The van der Waals surface area contributed by atoms with E-state index in [4.69, 9.17) is 0 Å². The Hall–Kier alpha value is -3.73. The predicted octanol–water partition coefficient (Wildman–Crippen LogP) is 4.76. The average molecular weight is 387 g/mol. The van der Waals surface area contributed by atoms with Gasteiger partial charge in [0.1, 0.15) is 11.6 Å². The fourth-order valence-corrected chi connectivity index (χ4v) is 3.59. The summed E-state index contributed by atoms with van der Waals surface area (Å²) in [6.45, 7) is 1.89. The second-order valence-electron chi connectivity index (χ2n) is 6.93. The minimum absolute atomic E-state index is 0.0192. The Balaban J connectivity index is 1.96. The van der Waals surface area contributed by atoms with Crippen LogP contribution in [0.25, 0.3) is 5.76 Å². The molecule has 1 atom stereocenters. The molecule has 1 aliphatic heterocycles. The molecule has 4 rings (SSSR count). The maximum Gasteiger partial charge on any atom is 0.300 e. The van der Waals surface area contributed by atoms with Crippen LogP contribution in [-0.2, 0) is 9.59 Å². The molecule has 144 valence electrons. The number of nitrogens with zero attached hydrogens (tertiary/aromatic N) is 1. The molecule has 1 fully saturated rings. The summed E-state index contributed by atoms with van der Waals surface area (Å²) in [7, 11) is 0. The number of amides is 1. The number of aliphatic hydroxyl groups excluding tert-OH is 1. The highest BCUT2D eigenvalue weighted by Crippen LogP contribution is 2.42. The lowest BCUT2D eigenvalue weighted by Crippen LogP contribution is -2.29. The van der Waals surface area contributed by atoms with E-state index in [-0.39, 0.29) is 11.3 Å². The molecule has 0 saturated carbocycles. The Morgan fingerprint density at radius 2 is 1.62 bits per heavy atom. The Morgan fingerprint density at radius 3 is 2.28 bits per heavy atom. The average Bonchev–Trinajstić information content (AvgIpc) is 2.99. The van der Waals surface area contributed by atoms with Gasteiger partial charge in [-0.05, 0) is 42.3 Å². The van der Waals surface area contributed by atoms with Crippen LogP contribution in [-0.4, -0.2) is 16.8 Å². The molecule has 1 aliphatic rings. The van der Waals surface area contributed by atoms with Crippen molar-refractivity contribution >= 4 is 23.1 Å². The largest absolute Gasteiger partial charge is 0.507 e. The zero-order chi connectivity index (χ0) is 20.5. The molecule has 5 heteroatoms. The number of hydrogen-bond donors (Lipinski definition) is 1. The van der Waals surface area contributed by atoms with Crippen LogP contribution in [0, 0.1) is 12.7 Å². The molecule has 1 N–H and O–H groups in total. The lowest BCUT2D eigenvalue weighted by molar-refractivity contribution is -0.132. The third-order valence-corrected chi connectivity index (χ3v) is 4.96. The molecule has 3 aromatic rings. The van der Waals surface area contributed by atoms with Crippen molar-refractivity contribution in [3.05, 3.63) is 107 Å². The van der Waals surface area contributed by atoms with Gasteiger partial charge >= 0.3 is 0 Å². The number of aliphatic hydroxyl groups is 1. The second-order valence-corrected chi connectivity index (χ2v) is 6.93. The molecule has 0 bridgehead atoms. The summed E-state index contributed by atoms with van der Waals surface area (Å²) in [4.78, 5) is 27.3. The van der Waals surface area contributed by atoms with Crippen LogP contribution < -0.4 is 4.90 Å². The van der Waals surface area contributed by atoms with Crippen LogP contribution in [0.2, 0.25) is 0 Å². The normalized spacial score (nSPS) is 18.3. The molecule has 3 aromatic carbocycles. The highest BCUT2D eigenvalue weighted by atomic mass is 19.1. The van der Waals surface area contributed by atoms with Gasteiger partial charge in [-0.3, -0.25) is 14.5 Å². The Labute approximate surface area is 167 Å². The van der Waals surface area contributed by atoms with Crippen LogP contribution in [0.15, 0.2) is 84.4 Å². The maximum absolute atomic E-state index is 13.5. The van der Waals surface area contributed by atoms with Gasteiger partial charge in [0.15, 0.2) is 0 Å². The second kappa shape index (κ2) is 7.36. The van der Waals surface area contributed by atoms with E-state index in [1.807, 2.05) is 13.0 Å². The molecular weight excluding hydrogens is 369 g/mol. The van der Waals surface area contributed by atoms with Gasteiger partial charge in [-0.15, -0.1) is 0 Å². The van der Waals surface area contributed by atoms with Crippen LogP contribution in [0.3, 0.4) is 0 Å². The number of halogens is 1. The molecule has 0 aromatic heterocycles. The SMILES string of the molecule is Cc1cccc(N2C(=O)C(=O)C(=C(O)c3ccccc3)[C@H]2c2ccc(F)cc2)c1. The molecule has 29 heavy (non-hydrogen) atoms. The molecule has 4 nitrogen and oxygen atoms in total. The van der Waals surface area contributed by atoms with Gasteiger partial charge in [0, 0.05) is 11.3 Å². The zero-order valence-corrected chi connectivity index (χ0v) is 15.7. The summed E-state index contributed by atoms with van der Waals surface area (Å²) in [6.07, 6.45) is 0. The minimum Gasteiger partial charge on any atom is -0.507 e. The van der Waals surface area contributed by atoms with Crippen molar-refractivity contribution in [2.45, 2.75) is 13.0 Å². The molecule has 1 amide bonds. The van der Waals surface area contributed by atoms with Gasteiger partial charge in [0.25, 0.3) is 11.7 Å². The number of aryl methyl sites for hydroxylation is 1. The van der Waals surface area contributed by atoms with Crippen LogP contribution in [0.5, 0.6) is 0 Å². The fraction of sp³-hybridized carbons (Fsp3) is 0.0833. The number of rotatable bonds is 3. The third-order valence-electron chi connectivity index (χ3n) is 4.96. The van der Waals surface area contributed by atoms with Crippen molar-refractivity contribution in [3.8, 4) is 0 Å². The lowest BCUT2D eigenvalue weighted by atomic mass is 9.95. The summed E-state index contributed by atoms with van der Waals surface area (Å²) in [5.41, 5.74) is 2.40. The van der Waals surface area contributed by atoms with E-state index < -0.39 is 23.5 Å². The Kier molecular flexibility index (Phi) is 4.72. The van der Waals surface area contributed by atoms with Gasteiger partial charge in [-0.1, -0.05) is 54.6 Å². The predicted molar refractivity (Wildman–Crippen MR) is 109 cm³/mol. The zero-order valence-electron chi connectivity index (χ0n) is 15.7. The highest BCUT2D eigenvalue weighted by molar-refractivity contribution is 6.51. The number of Topliss-reactive ketones (excluding diaryl/α,β-unsaturated/α-hetero) is 1. The van der Waals surface area contributed by atoms with E-state index in [1.54, 1.807) is 48.5 Å². The molecule has 1 heterocycles. The summed E-state index contributed by atoms with van der Waals surface area (Å²) in [5.74, 6) is -2.19. The van der Waals surface area contributed by atoms with Crippen molar-refractivity contribution < 1.29 is 19.1 Å². The minimum atomic E-state index is -0.863. The first-order valence-electron chi connectivity index (χ1n) is 9.16. The number of carbonyl (C=O) groups excluding carboxylic acids is 2. The number of ketones is 1. The Bertz CT molecular complexity index is 1120. The van der Waals surface area contributed by atoms with Gasteiger partial charge in [0.2, 0.25) is 0 Å². The van der Waals surface area contributed by atoms with Crippen molar-refractivity contribution in [2.24, 2.45) is 0 Å². The van der Waals surface area contributed by atoms with E-state index in [0.29, 0.717) is 16.8 Å². The fourth-order valence-electron chi connectivity index (χ4n) is 3.59. The number of carbonyl (C=O) groups is 2. The smallest absolute Gasteiger partial charge is 0.300 e.